The van der Waals surface area contributed by atoms with Crippen molar-refractivity contribution in [1.82, 2.24) is 0 Å². The number of hydrogen-bond donors (Lipinski definition) is 0. The van der Waals surface area contributed by atoms with E-state index in [2.05, 4.69) is 0 Å². The van der Waals surface area contributed by atoms with Gasteiger partial charge in [0.1, 0.15) is 25.0 Å². The highest BCUT2D eigenvalue weighted by molar-refractivity contribution is 6.32. The van der Waals surface area contributed by atoms with Crippen LogP contribution < -0.4 is 5.46 Å². The highest BCUT2D eigenvalue weighted by atomic mass is 19.4. The second kappa shape index (κ2) is 3.01. The summed E-state index contributed by atoms with van der Waals surface area (Å²) in [4.78, 5) is 0. The predicted octanol–water partition coefficient (Wildman–Crippen LogP) is 1.24. The third kappa shape index (κ3) is 1.99. The van der Waals surface area contributed by atoms with Gasteiger partial charge >= 0.3 is 6.18 Å². The van der Waals surface area contributed by atoms with E-state index in [1.807, 2.05) is 0 Å². The van der Waals surface area contributed by atoms with Crippen LogP contribution in [0.1, 0.15) is 5.56 Å². The first-order valence-corrected chi connectivity index (χ1v) is 3.35. The molecule has 0 heterocycles. The molecule has 0 aliphatic rings. The molecule has 0 fully saturated rings. The van der Waals surface area contributed by atoms with E-state index in [9.17, 15) is 22.0 Å². The quantitative estimate of drug-likeness (QED) is 0.430. The third-order valence-corrected chi connectivity index (χ3v) is 1.47. The maximum Gasteiger partial charge on any atom is 0.422 e. The minimum absolute atomic E-state index is 0.114. The molecule has 0 saturated heterocycles. The Balaban J connectivity index is 3.38. The van der Waals surface area contributed by atoms with Crippen LogP contribution in [0.3, 0.4) is 0 Å². The van der Waals surface area contributed by atoms with Gasteiger partial charge in [0.2, 0.25) is 0 Å². The Morgan fingerprint density at radius 3 is 1.69 bits per heavy atom. The van der Waals surface area contributed by atoms with Gasteiger partial charge in [-0.3, -0.25) is 0 Å². The van der Waals surface area contributed by atoms with E-state index in [0.29, 0.717) is 12.1 Å². The van der Waals surface area contributed by atoms with Crippen molar-refractivity contribution in [2.45, 2.75) is 6.18 Å². The van der Waals surface area contributed by atoms with Gasteiger partial charge in [-0.25, -0.2) is 8.78 Å². The Labute approximate surface area is 71.8 Å². The Morgan fingerprint density at radius 2 is 1.38 bits per heavy atom. The Hall–Kier alpha value is -1.07. The molecule has 13 heavy (non-hydrogen) atoms. The Kier molecular flexibility index (Phi) is 2.32. The van der Waals surface area contributed by atoms with Crippen LogP contribution in [0.2, 0.25) is 0 Å². The van der Waals surface area contributed by atoms with E-state index >= 15 is 0 Å². The topological polar surface area (TPSA) is 0 Å². The van der Waals surface area contributed by atoms with Crippen LogP contribution in [0.25, 0.3) is 0 Å². The van der Waals surface area contributed by atoms with Crippen LogP contribution in [0.15, 0.2) is 12.1 Å². The van der Waals surface area contributed by atoms with Crippen molar-refractivity contribution in [2.24, 2.45) is 0 Å². The standard InChI is InChI=1S/C7H4BF5/c8-3-1-4(9)6(5(10)2-3)7(11,12)13/h1-2H,8H2. The molecule has 0 spiro atoms. The van der Waals surface area contributed by atoms with Crippen molar-refractivity contribution in [2.75, 3.05) is 0 Å². The van der Waals surface area contributed by atoms with Gasteiger partial charge < -0.3 is 0 Å². The highest BCUT2D eigenvalue weighted by Gasteiger charge is 2.37. The fraction of sp³-hybridized carbons (Fsp3) is 0.143. The molecule has 6 heteroatoms. The monoisotopic (exact) mass is 194 g/mol. The molecule has 0 aliphatic heterocycles. The number of halogens is 5. The van der Waals surface area contributed by atoms with Crippen LogP contribution in [-0.2, 0) is 6.18 Å². The number of hydrogen-bond acceptors (Lipinski definition) is 0. The number of benzene rings is 1. The first-order valence-electron chi connectivity index (χ1n) is 3.35. The first kappa shape index (κ1) is 10.0. The number of alkyl halides is 3. The molecule has 0 aliphatic carbocycles. The van der Waals surface area contributed by atoms with E-state index < -0.39 is 23.4 Å². The molecule has 0 amide bonds. The molecule has 0 nitrogen and oxygen atoms in total. The van der Waals surface area contributed by atoms with E-state index in [0.717, 1.165) is 0 Å². The Bertz CT molecular complexity index is 307. The molecule has 70 valence electrons. The lowest BCUT2D eigenvalue weighted by Gasteiger charge is -2.09. The first-order chi connectivity index (χ1) is 5.82. The fourth-order valence-electron chi connectivity index (χ4n) is 0.971. The lowest BCUT2D eigenvalue weighted by molar-refractivity contribution is -0.142. The molecule has 0 unspecified atom stereocenters. The molecule has 0 aromatic heterocycles. The largest absolute Gasteiger partial charge is 0.422 e. The van der Waals surface area contributed by atoms with Crippen molar-refractivity contribution in [1.29, 1.82) is 0 Å². The summed E-state index contributed by atoms with van der Waals surface area (Å²) in [7, 11) is 1.31. The van der Waals surface area contributed by atoms with Gasteiger partial charge in [0.25, 0.3) is 0 Å². The maximum atomic E-state index is 12.6. The molecule has 1 rings (SSSR count). The zero-order chi connectivity index (χ0) is 10.2. The zero-order valence-electron chi connectivity index (χ0n) is 6.54. The highest BCUT2D eigenvalue weighted by Crippen LogP contribution is 2.32. The van der Waals surface area contributed by atoms with E-state index in [1.54, 1.807) is 0 Å². The molecule has 1 aromatic carbocycles. The van der Waals surface area contributed by atoms with E-state index in [-0.39, 0.29) is 5.46 Å². The molecule has 0 saturated carbocycles. The van der Waals surface area contributed by atoms with Gasteiger partial charge in [0.05, 0.1) is 0 Å². The number of rotatable bonds is 0. The summed E-state index contributed by atoms with van der Waals surface area (Å²) < 4.78 is 61.2. The van der Waals surface area contributed by atoms with Crippen LogP contribution >= 0.6 is 0 Å². The summed E-state index contributed by atoms with van der Waals surface area (Å²) in [6.45, 7) is 0. The summed E-state index contributed by atoms with van der Waals surface area (Å²) in [5.74, 6) is -3.16. The maximum absolute atomic E-state index is 12.6. The molecular formula is C7H4BF5. The predicted molar refractivity (Wildman–Crippen MR) is 39.5 cm³/mol. The average Bonchev–Trinajstić information content (AvgIpc) is 1.78. The van der Waals surface area contributed by atoms with Gasteiger partial charge in [-0.05, 0) is 12.1 Å². The van der Waals surface area contributed by atoms with E-state index in [1.165, 1.54) is 7.85 Å². The third-order valence-electron chi connectivity index (χ3n) is 1.47. The SMILES string of the molecule is Bc1cc(F)c(C(F)(F)F)c(F)c1. The lowest BCUT2D eigenvalue weighted by atomic mass is 9.94. The smallest absolute Gasteiger partial charge is 0.206 e. The van der Waals surface area contributed by atoms with Crippen molar-refractivity contribution in [3.63, 3.8) is 0 Å². The second-order valence-electron chi connectivity index (χ2n) is 2.60. The van der Waals surface area contributed by atoms with Gasteiger partial charge in [0.15, 0.2) is 0 Å². The Morgan fingerprint density at radius 1 is 1.00 bits per heavy atom. The minimum Gasteiger partial charge on any atom is -0.206 e. The minimum atomic E-state index is -4.98. The van der Waals surface area contributed by atoms with Gasteiger partial charge in [-0.2, -0.15) is 13.2 Å². The van der Waals surface area contributed by atoms with Crippen molar-refractivity contribution < 1.29 is 22.0 Å². The summed E-state index contributed by atoms with van der Waals surface area (Å²) in [5, 5.41) is 0. The van der Waals surface area contributed by atoms with Crippen molar-refractivity contribution in [3.8, 4) is 0 Å². The summed E-state index contributed by atoms with van der Waals surface area (Å²) in [6.07, 6.45) is -4.98. The summed E-state index contributed by atoms with van der Waals surface area (Å²) in [5.41, 5.74) is -1.72. The fourth-order valence-corrected chi connectivity index (χ4v) is 0.971. The second-order valence-corrected chi connectivity index (χ2v) is 2.60. The van der Waals surface area contributed by atoms with E-state index in [4.69, 9.17) is 0 Å². The lowest BCUT2D eigenvalue weighted by Crippen LogP contribution is -2.16. The summed E-state index contributed by atoms with van der Waals surface area (Å²) in [6, 6.07) is 1.29. The molecule has 1 aromatic rings. The van der Waals surface area contributed by atoms with Crippen LogP contribution in [0, 0.1) is 11.6 Å². The summed E-state index contributed by atoms with van der Waals surface area (Å²) >= 11 is 0. The van der Waals surface area contributed by atoms with Gasteiger partial charge in [-0.1, -0.05) is 5.46 Å². The molecule has 0 radical (unpaired) electrons. The van der Waals surface area contributed by atoms with Crippen LogP contribution in [-0.4, -0.2) is 7.85 Å². The van der Waals surface area contributed by atoms with Crippen molar-refractivity contribution in [3.05, 3.63) is 29.3 Å². The van der Waals surface area contributed by atoms with Crippen LogP contribution in [0.5, 0.6) is 0 Å². The average molecular weight is 194 g/mol. The molecular weight excluding hydrogens is 190 g/mol. The normalized spacial score (nSPS) is 11.8. The van der Waals surface area contributed by atoms with Crippen molar-refractivity contribution >= 4 is 13.3 Å². The van der Waals surface area contributed by atoms with Crippen LogP contribution in [0.4, 0.5) is 22.0 Å². The van der Waals surface area contributed by atoms with Gasteiger partial charge in [-0.15, -0.1) is 0 Å². The molecule has 0 bridgehead atoms. The molecule has 0 atom stereocenters. The molecule has 0 N–H and O–H groups in total. The zero-order valence-corrected chi connectivity index (χ0v) is 6.54. The van der Waals surface area contributed by atoms with Gasteiger partial charge in [0, 0.05) is 0 Å².